The molecule has 3 aromatic carbocycles. The molecule has 0 aliphatic rings. The molecule has 0 aromatic heterocycles. The van der Waals surface area contributed by atoms with Gasteiger partial charge in [0.15, 0.2) is 0 Å². The van der Waals surface area contributed by atoms with E-state index in [1.54, 1.807) is 0 Å². The van der Waals surface area contributed by atoms with Crippen LogP contribution >= 0.6 is 46.4 Å². The highest BCUT2D eigenvalue weighted by molar-refractivity contribution is 6.42. The van der Waals surface area contributed by atoms with Gasteiger partial charge >= 0.3 is 6.18 Å². The van der Waals surface area contributed by atoms with Gasteiger partial charge in [0.1, 0.15) is 5.75 Å². The third-order valence-corrected chi connectivity index (χ3v) is 5.76. The van der Waals surface area contributed by atoms with E-state index in [0.29, 0.717) is 12.1 Å². The van der Waals surface area contributed by atoms with E-state index >= 15 is 0 Å². The molecular formula is C21H11Cl4F3N2O3. The van der Waals surface area contributed by atoms with Crippen LogP contribution in [0.5, 0.6) is 5.75 Å². The molecule has 0 spiro atoms. The summed E-state index contributed by atoms with van der Waals surface area (Å²) in [5.74, 6) is -3.18. The number of halogens is 7. The molecule has 172 valence electrons. The summed E-state index contributed by atoms with van der Waals surface area (Å²) in [6, 6.07) is 8.83. The van der Waals surface area contributed by atoms with Gasteiger partial charge in [-0.1, -0.05) is 46.4 Å². The Balaban J connectivity index is 2.00. The van der Waals surface area contributed by atoms with Gasteiger partial charge in [-0.15, -0.1) is 0 Å². The Hall–Kier alpha value is -2.65. The minimum Gasteiger partial charge on any atom is -0.506 e. The van der Waals surface area contributed by atoms with Crippen LogP contribution in [-0.2, 0) is 6.18 Å². The van der Waals surface area contributed by atoms with Crippen LogP contribution in [-0.4, -0.2) is 16.9 Å². The van der Waals surface area contributed by atoms with Crippen LogP contribution in [0.3, 0.4) is 0 Å². The van der Waals surface area contributed by atoms with Crippen LogP contribution in [0.25, 0.3) is 0 Å². The van der Waals surface area contributed by atoms with Gasteiger partial charge in [0.2, 0.25) is 0 Å². The number of carbonyl (C=O) groups excluding carboxylic acids is 2. The van der Waals surface area contributed by atoms with Gasteiger partial charge in [-0.05, 0) is 48.5 Å². The minimum absolute atomic E-state index is 0.0874. The molecule has 0 unspecified atom stereocenters. The molecule has 5 nitrogen and oxygen atoms in total. The van der Waals surface area contributed by atoms with E-state index in [2.05, 4.69) is 10.6 Å². The van der Waals surface area contributed by atoms with Gasteiger partial charge in [0, 0.05) is 11.4 Å². The number of phenolic OH excluding ortho intramolecular Hbond substituents is 1. The lowest BCUT2D eigenvalue weighted by Gasteiger charge is -2.15. The number of nitrogens with one attached hydrogen (secondary N) is 2. The van der Waals surface area contributed by atoms with Crippen molar-refractivity contribution in [1.29, 1.82) is 0 Å². The highest BCUT2D eigenvalue weighted by Crippen LogP contribution is 2.36. The van der Waals surface area contributed by atoms with E-state index in [0.717, 1.165) is 0 Å². The second-order valence-corrected chi connectivity index (χ2v) is 8.21. The molecule has 3 N–H and O–H groups in total. The average Bonchev–Trinajstić information content (AvgIpc) is 2.72. The Bertz CT molecular complexity index is 1180. The number of hydrogen-bond donors (Lipinski definition) is 3. The highest BCUT2D eigenvalue weighted by atomic mass is 35.5. The van der Waals surface area contributed by atoms with E-state index in [1.807, 2.05) is 0 Å². The molecule has 3 rings (SSSR count). The van der Waals surface area contributed by atoms with Crippen molar-refractivity contribution in [1.82, 2.24) is 0 Å². The first-order chi connectivity index (χ1) is 15.4. The van der Waals surface area contributed by atoms with Crippen molar-refractivity contribution < 1.29 is 27.9 Å². The number of amides is 2. The lowest BCUT2D eigenvalue weighted by molar-refractivity contribution is -0.137. The molecule has 0 saturated carbocycles. The molecule has 0 fully saturated rings. The molecule has 3 aromatic rings. The minimum atomic E-state index is -4.91. The molecule has 0 bridgehead atoms. The smallest absolute Gasteiger partial charge is 0.416 e. The topological polar surface area (TPSA) is 78.4 Å². The lowest BCUT2D eigenvalue weighted by atomic mass is 10.0. The number of rotatable bonds is 4. The largest absolute Gasteiger partial charge is 0.506 e. The van der Waals surface area contributed by atoms with Gasteiger partial charge in [-0.3, -0.25) is 9.59 Å². The molecule has 0 atom stereocenters. The third kappa shape index (κ3) is 5.83. The van der Waals surface area contributed by atoms with Crippen molar-refractivity contribution in [2.75, 3.05) is 10.6 Å². The lowest BCUT2D eigenvalue weighted by Crippen LogP contribution is -2.19. The number of alkyl halides is 3. The molecule has 2 amide bonds. The van der Waals surface area contributed by atoms with E-state index in [-0.39, 0.29) is 31.5 Å². The summed E-state index contributed by atoms with van der Waals surface area (Å²) in [6.45, 7) is 0. The SMILES string of the molecule is O=C(Nc1ccc(Cl)c(Cl)c1)c1cc(C(F)(F)F)cc(C(=O)Nc2ccc(Cl)c(Cl)c2)c1O. The number of benzene rings is 3. The van der Waals surface area contributed by atoms with Crippen molar-refractivity contribution in [3.63, 3.8) is 0 Å². The molecule has 0 aliphatic carbocycles. The van der Waals surface area contributed by atoms with Crippen molar-refractivity contribution in [3.05, 3.63) is 85.3 Å². The van der Waals surface area contributed by atoms with Gasteiger partial charge in [0.25, 0.3) is 11.8 Å². The Morgan fingerprint density at radius 3 is 1.42 bits per heavy atom. The number of anilines is 2. The van der Waals surface area contributed by atoms with Crippen LogP contribution in [0.4, 0.5) is 24.5 Å². The van der Waals surface area contributed by atoms with Crippen molar-refractivity contribution in [2.45, 2.75) is 6.18 Å². The summed E-state index contributed by atoms with van der Waals surface area (Å²) in [5, 5.41) is 15.7. The number of hydrogen-bond acceptors (Lipinski definition) is 3. The van der Waals surface area contributed by atoms with E-state index in [9.17, 15) is 27.9 Å². The standard InChI is InChI=1S/C21H11Cl4F3N2O3/c22-14-3-1-10(7-16(14)24)29-19(32)12-5-9(21(26,27)28)6-13(18(12)31)20(33)30-11-2-4-15(23)17(25)8-11/h1-8,31H,(H,29,32)(H,30,33). The van der Waals surface area contributed by atoms with Crippen LogP contribution < -0.4 is 10.6 Å². The zero-order chi connectivity index (χ0) is 24.5. The molecule has 12 heteroatoms. The maximum absolute atomic E-state index is 13.4. The molecule has 0 radical (unpaired) electrons. The highest BCUT2D eigenvalue weighted by Gasteiger charge is 2.34. The second kappa shape index (κ2) is 9.69. The van der Waals surface area contributed by atoms with Crippen LogP contribution in [0.1, 0.15) is 26.3 Å². The van der Waals surface area contributed by atoms with Gasteiger partial charge in [-0.2, -0.15) is 13.2 Å². The predicted molar refractivity (Wildman–Crippen MR) is 122 cm³/mol. The van der Waals surface area contributed by atoms with Crippen molar-refractivity contribution in [3.8, 4) is 5.75 Å². The first-order valence-corrected chi connectivity index (χ1v) is 10.3. The van der Waals surface area contributed by atoms with Crippen LogP contribution in [0.2, 0.25) is 20.1 Å². The average molecular weight is 538 g/mol. The summed E-state index contributed by atoms with van der Waals surface area (Å²) in [6.07, 6.45) is -4.91. The summed E-state index contributed by atoms with van der Waals surface area (Å²) >= 11 is 23.3. The third-order valence-electron chi connectivity index (χ3n) is 4.28. The Morgan fingerprint density at radius 2 is 1.09 bits per heavy atom. The number of phenols is 1. The molecular weight excluding hydrogens is 527 g/mol. The van der Waals surface area contributed by atoms with E-state index < -0.39 is 40.4 Å². The molecule has 33 heavy (non-hydrogen) atoms. The normalized spacial score (nSPS) is 11.2. The van der Waals surface area contributed by atoms with Crippen molar-refractivity contribution >= 4 is 69.6 Å². The predicted octanol–water partition coefficient (Wildman–Crippen LogP) is 7.53. The van der Waals surface area contributed by atoms with E-state index in [1.165, 1.54) is 36.4 Å². The van der Waals surface area contributed by atoms with Gasteiger partial charge in [-0.25, -0.2) is 0 Å². The summed E-state index contributed by atoms with van der Waals surface area (Å²) in [5.41, 5.74) is -2.68. The maximum Gasteiger partial charge on any atom is 0.416 e. The fourth-order valence-corrected chi connectivity index (χ4v) is 3.29. The maximum atomic E-state index is 13.4. The fourth-order valence-electron chi connectivity index (χ4n) is 2.69. The van der Waals surface area contributed by atoms with Gasteiger partial charge < -0.3 is 15.7 Å². The molecule has 0 aliphatic heterocycles. The first kappa shape index (κ1) is 25.0. The Kier molecular flexibility index (Phi) is 7.33. The summed E-state index contributed by atoms with van der Waals surface area (Å²) in [7, 11) is 0. The fraction of sp³-hybridized carbons (Fsp3) is 0.0476. The molecule has 0 heterocycles. The molecule has 0 saturated heterocycles. The number of carbonyl (C=O) groups is 2. The Labute approximate surface area is 205 Å². The second-order valence-electron chi connectivity index (χ2n) is 6.58. The van der Waals surface area contributed by atoms with E-state index in [4.69, 9.17) is 46.4 Å². The zero-order valence-corrected chi connectivity index (χ0v) is 19.1. The first-order valence-electron chi connectivity index (χ1n) is 8.84. The van der Waals surface area contributed by atoms with Crippen molar-refractivity contribution in [2.24, 2.45) is 0 Å². The number of aromatic hydroxyl groups is 1. The quantitative estimate of drug-likeness (QED) is 0.322. The zero-order valence-electron chi connectivity index (χ0n) is 16.0. The summed E-state index contributed by atoms with van der Waals surface area (Å²) < 4.78 is 40.3. The van der Waals surface area contributed by atoms with Crippen LogP contribution in [0.15, 0.2) is 48.5 Å². The Morgan fingerprint density at radius 1 is 0.697 bits per heavy atom. The van der Waals surface area contributed by atoms with Gasteiger partial charge in [0.05, 0.1) is 36.8 Å². The van der Waals surface area contributed by atoms with Crippen LogP contribution in [0, 0.1) is 0 Å². The monoisotopic (exact) mass is 536 g/mol. The summed E-state index contributed by atoms with van der Waals surface area (Å²) in [4.78, 5) is 25.3.